The zero-order chi connectivity index (χ0) is 40.5. The van der Waals surface area contributed by atoms with Crippen LogP contribution < -0.4 is 0 Å². The van der Waals surface area contributed by atoms with Crippen molar-refractivity contribution in [1.82, 2.24) is 29.9 Å². The monoisotopic (exact) mass is 782 g/mol. The Hall–Kier alpha value is -8.42. The third-order valence-corrected chi connectivity index (χ3v) is 10.8. The van der Waals surface area contributed by atoms with E-state index in [2.05, 4.69) is 78.9 Å². The van der Waals surface area contributed by atoms with Crippen LogP contribution in [0.1, 0.15) is 0 Å². The molecule has 3 heterocycles. The molecule has 11 aromatic rings. The zero-order valence-electron chi connectivity index (χ0n) is 32.7. The molecule has 11 rings (SSSR count). The zero-order valence-corrected chi connectivity index (χ0v) is 32.7. The van der Waals surface area contributed by atoms with Crippen molar-refractivity contribution in [2.24, 2.45) is 0 Å². The molecular formula is C54H34N6O. The Bertz CT molecular complexity index is 3220. The molecule has 0 fully saturated rings. The second-order valence-corrected chi connectivity index (χ2v) is 14.7. The van der Waals surface area contributed by atoms with Crippen molar-refractivity contribution in [3.05, 3.63) is 206 Å². The standard InChI is InChI=1S/C54H34N6O/c1-6-16-35(17-7-1)40-28-31-47-45(32-40)44-30-26-41(34-48(44)61-47)43-29-27-42(53-57-49(36-18-8-2-9-19-36)55-50(58-53)37-20-10-3-11-21-37)33-46(43)54-59-51(38-22-12-4-13-23-38)56-52(60-54)39-24-14-5-15-25-39/h1-34H. The van der Waals surface area contributed by atoms with Gasteiger partial charge >= 0.3 is 0 Å². The third kappa shape index (κ3) is 7.00. The van der Waals surface area contributed by atoms with Crippen molar-refractivity contribution in [1.29, 1.82) is 0 Å². The summed E-state index contributed by atoms with van der Waals surface area (Å²) in [5.74, 6) is 3.35. The van der Waals surface area contributed by atoms with Crippen LogP contribution in [0.3, 0.4) is 0 Å². The Labute approximate surface area is 351 Å². The topological polar surface area (TPSA) is 90.5 Å². The molecule has 8 aromatic carbocycles. The van der Waals surface area contributed by atoms with E-state index in [4.69, 9.17) is 34.3 Å². The molecule has 0 aliphatic carbocycles. The molecule has 7 heteroatoms. The molecule has 0 atom stereocenters. The van der Waals surface area contributed by atoms with Crippen molar-refractivity contribution in [2.75, 3.05) is 0 Å². The molecule has 61 heavy (non-hydrogen) atoms. The van der Waals surface area contributed by atoms with Gasteiger partial charge in [0.15, 0.2) is 34.9 Å². The van der Waals surface area contributed by atoms with E-state index in [-0.39, 0.29) is 0 Å². The molecule has 0 saturated carbocycles. The van der Waals surface area contributed by atoms with Crippen LogP contribution >= 0.6 is 0 Å². The van der Waals surface area contributed by atoms with Crippen LogP contribution in [0.15, 0.2) is 211 Å². The highest BCUT2D eigenvalue weighted by Crippen LogP contribution is 2.39. The second kappa shape index (κ2) is 15.4. The van der Waals surface area contributed by atoms with E-state index in [0.717, 1.165) is 77.6 Å². The first-order chi connectivity index (χ1) is 30.2. The van der Waals surface area contributed by atoms with Gasteiger partial charge in [-0.25, -0.2) is 29.9 Å². The Morgan fingerprint density at radius 3 is 1.13 bits per heavy atom. The molecule has 0 unspecified atom stereocenters. The van der Waals surface area contributed by atoms with Crippen LogP contribution in [-0.4, -0.2) is 29.9 Å². The molecule has 0 N–H and O–H groups in total. The first-order valence-electron chi connectivity index (χ1n) is 20.1. The number of fused-ring (bicyclic) bond motifs is 3. The lowest BCUT2D eigenvalue weighted by Gasteiger charge is -2.14. The first kappa shape index (κ1) is 35.7. The number of rotatable bonds is 8. The molecule has 0 bridgehead atoms. The molecule has 286 valence electrons. The smallest absolute Gasteiger partial charge is 0.164 e. The van der Waals surface area contributed by atoms with Gasteiger partial charge in [0, 0.05) is 44.2 Å². The van der Waals surface area contributed by atoms with Crippen LogP contribution in [0.4, 0.5) is 0 Å². The van der Waals surface area contributed by atoms with Crippen LogP contribution in [-0.2, 0) is 0 Å². The summed E-state index contributed by atoms with van der Waals surface area (Å²) in [5, 5.41) is 2.11. The van der Waals surface area contributed by atoms with Gasteiger partial charge in [-0.1, -0.05) is 176 Å². The van der Waals surface area contributed by atoms with Gasteiger partial charge in [-0.15, -0.1) is 0 Å². The van der Waals surface area contributed by atoms with E-state index < -0.39 is 0 Å². The summed E-state index contributed by atoms with van der Waals surface area (Å²) >= 11 is 0. The normalized spacial score (nSPS) is 11.3. The summed E-state index contributed by atoms with van der Waals surface area (Å²) in [6.45, 7) is 0. The lowest BCUT2D eigenvalue weighted by molar-refractivity contribution is 0.669. The average molecular weight is 783 g/mol. The lowest BCUT2D eigenvalue weighted by Crippen LogP contribution is -2.02. The van der Waals surface area contributed by atoms with Gasteiger partial charge in [-0.05, 0) is 52.6 Å². The fraction of sp³-hybridized carbons (Fsp3) is 0. The summed E-state index contributed by atoms with van der Waals surface area (Å²) in [4.78, 5) is 30.5. The minimum atomic E-state index is 0.516. The number of aromatic nitrogens is 6. The fourth-order valence-electron chi connectivity index (χ4n) is 7.74. The van der Waals surface area contributed by atoms with E-state index in [9.17, 15) is 0 Å². The van der Waals surface area contributed by atoms with Gasteiger partial charge < -0.3 is 4.42 Å². The fourth-order valence-corrected chi connectivity index (χ4v) is 7.74. The predicted octanol–water partition coefficient (Wildman–Crippen LogP) is 13.3. The van der Waals surface area contributed by atoms with Gasteiger partial charge in [-0.2, -0.15) is 0 Å². The van der Waals surface area contributed by atoms with Crippen molar-refractivity contribution in [3.8, 4) is 90.6 Å². The Morgan fingerprint density at radius 2 is 0.639 bits per heavy atom. The minimum Gasteiger partial charge on any atom is -0.456 e. The van der Waals surface area contributed by atoms with Crippen LogP contribution in [0.2, 0.25) is 0 Å². The Balaban J connectivity index is 1.13. The summed E-state index contributed by atoms with van der Waals surface area (Å²) in [6.07, 6.45) is 0. The van der Waals surface area contributed by atoms with Crippen molar-refractivity contribution < 1.29 is 4.42 Å². The van der Waals surface area contributed by atoms with Crippen molar-refractivity contribution >= 4 is 21.9 Å². The molecular weight excluding hydrogens is 749 g/mol. The predicted molar refractivity (Wildman–Crippen MR) is 244 cm³/mol. The highest BCUT2D eigenvalue weighted by Gasteiger charge is 2.20. The van der Waals surface area contributed by atoms with Gasteiger partial charge in [0.1, 0.15) is 11.2 Å². The van der Waals surface area contributed by atoms with Gasteiger partial charge in [0.05, 0.1) is 0 Å². The van der Waals surface area contributed by atoms with Crippen molar-refractivity contribution in [2.45, 2.75) is 0 Å². The first-order valence-corrected chi connectivity index (χ1v) is 20.1. The summed E-state index contributed by atoms with van der Waals surface area (Å²) in [6, 6.07) is 69.5. The molecule has 0 amide bonds. The van der Waals surface area contributed by atoms with Gasteiger partial charge in [-0.3, -0.25) is 0 Å². The molecule has 0 spiro atoms. The number of furan rings is 1. The molecule has 0 radical (unpaired) electrons. The molecule has 7 nitrogen and oxygen atoms in total. The summed E-state index contributed by atoms with van der Waals surface area (Å²) < 4.78 is 6.54. The van der Waals surface area contributed by atoms with Crippen LogP contribution in [0.5, 0.6) is 0 Å². The maximum Gasteiger partial charge on any atom is 0.164 e. The van der Waals surface area contributed by atoms with Crippen LogP contribution in [0.25, 0.3) is 113 Å². The van der Waals surface area contributed by atoms with E-state index >= 15 is 0 Å². The molecule has 3 aromatic heterocycles. The molecule has 0 aliphatic rings. The molecule has 0 saturated heterocycles. The maximum atomic E-state index is 6.54. The number of nitrogens with zero attached hydrogens (tertiary/aromatic N) is 6. The maximum absolute atomic E-state index is 6.54. The number of hydrogen-bond donors (Lipinski definition) is 0. The second-order valence-electron chi connectivity index (χ2n) is 14.7. The summed E-state index contributed by atoms with van der Waals surface area (Å²) in [5.41, 5.74) is 10.9. The Kier molecular flexibility index (Phi) is 9.02. The number of hydrogen-bond acceptors (Lipinski definition) is 7. The SMILES string of the molecule is c1ccc(-c2ccc3oc4cc(-c5ccc(-c6nc(-c7ccccc7)nc(-c7ccccc7)n6)cc5-c5nc(-c6ccccc6)nc(-c6ccccc6)n5)ccc4c3c2)cc1. The van der Waals surface area contributed by atoms with E-state index in [1.807, 2.05) is 127 Å². The quantitative estimate of drug-likeness (QED) is 0.152. The van der Waals surface area contributed by atoms with Crippen LogP contribution in [0, 0.1) is 0 Å². The highest BCUT2D eigenvalue weighted by molar-refractivity contribution is 6.07. The van der Waals surface area contributed by atoms with Gasteiger partial charge in [0.2, 0.25) is 0 Å². The van der Waals surface area contributed by atoms with E-state index in [0.29, 0.717) is 34.9 Å². The largest absolute Gasteiger partial charge is 0.456 e. The molecule has 0 aliphatic heterocycles. The minimum absolute atomic E-state index is 0.516. The summed E-state index contributed by atoms with van der Waals surface area (Å²) in [7, 11) is 0. The highest BCUT2D eigenvalue weighted by atomic mass is 16.3. The van der Waals surface area contributed by atoms with E-state index in [1.54, 1.807) is 0 Å². The third-order valence-electron chi connectivity index (χ3n) is 10.8. The lowest BCUT2D eigenvalue weighted by atomic mass is 9.95. The van der Waals surface area contributed by atoms with Gasteiger partial charge in [0.25, 0.3) is 0 Å². The number of benzene rings is 8. The van der Waals surface area contributed by atoms with E-state index in [1.165, 1.54) is 0 Å². The Morgan fingerprint density at radius 1 is 0.230 bits per heavy atom. The van der Waals surface area contributed by atoms with Crippen molar-refractivity contribution in [3.63, 3.8) is 0 Å². The average Bonchev–Trinajstić information content (AvgIpc) is 3.72.